The number of rotatable bonds is 4. The lowest BCUT2D eigenvalue weighted by molar-refractivity contribution is 0.332. The molecule has 0 spiro atoms. The van der Waals surface area contributed by atoms with Crippen molar-refractivity contribution in [3.63, 3.8) is 0 Å². The lowest BCUT2D eigenvalue weighted by atomic mass is 9.45. The Labute approximate surface area is 430 Å². The van der Waals surface area contributed by atoms with Gasteiger partial charge in [0.1, 0.15) is 11.2 Å². The minimum Gasteiger partial charge on any atom is -0.466 e. The van der Waals surface area contributed by atoms with Gasteiger partial charge in [-0.15, -0.1) is 0 Å². The highest BCUT2D eigenvalue weighted by molar-refractivity contribution is 6.93. The zero-order chi connectivity index (χ0) is 50.7. The van der Waals surface area contributed by atoms with E-state index in [1.54, 1.807) is 0 Å². The third kappa shape index (κ3) is 7.20. The zero-order valence-electron chi connectivity index (χ0n) is 45.5. The van der Waals surface area contributed by atoms with Crippen LogP contribution in [0.3, 0.4) is 0 Å². The molecule has 1 aromatic heterocycles. The molecule has 72 heavy (non-hydrogen) atoms. The predicted molar refractivity (Wildman–Crippen MR) is 309 cm³/mol. The minimum atomic E-state index is -0.267. The van der Waals surface area contributed by atoms with Crippen molar-refractivity contribution in [1.29, 1.82) is 0 Å². The van der Waals surface area contributed by atoms with Crippen molar-refractivity contribution in [1.82, 2.24) is 0 Å². The van der Waals surface area contributed by atoms with Gasteiger partial charge in [0.25, 0.3) is 0 Å². The third-order valence-electron chi connectivity index (χ3n) is 17.9. The van der Waals surface area contributed by atoms with E-state index in [0.29, 0.717) is 0 Å². The van der Waals surface area contributed by atoms with E-state index in [9.17, 15) is 0 Å². The molecule has 3 nitrogen and oxygen atoms in total. The Hall–Kier alpha value is -6.26. The minimum absolute atomic E-state index is 0.00208. The Morgan fingerprint density at radius 1 is 0.444 bits per heavy atom. The van der Waals surface area contributed by atoms with Crippen LogP contribution < -0.4 is 20.8 Å². The molecular weight excluding hydrogens is 872 g/mol. The fourth-order valence-electron chi connectivity index (χ4n) is 13.1. The summed E-state index contributed by atoms with van der Waals surface area (Å²) in [6.07, 6.45) is 4.60. The van der Waals surface area contributed by atoms with Crippen LogP contribution >= 0.6 is 0 Å². The van der Waals surface area contributed by atoms with Crippen molar-refractivity contribution in [3.8, 4) is 33.4 Å². The van der Waals surface area contributed by atoms with Gasteiger partial charge in [0.05, 0.1) is 11.4 Å². The average molecular weight is 945 g/mol. The summed E-state index contributed by atoms with van der Waals surface area (Å²) in [5, 5.41) is 1.17. The van der Waals surface area contributed by atoms with E-state index in [1.807, 2.05) is 0 Å². The van der Waals surface area contributed by atoms with E-state index in [1.165, 1.54) is 101 Å². The Kier molecular flexibility index (Phi) is 10.2. The number of benzene rings is 7. The molecule has 0 atom stereocenters. The number of anilines is 5. The van der Waals surface area contributed by atoms with Crippen LogP contribution in [0.25, 0.3) is 44.3 Å². The summed E-state index contributed by atoms with van der Waals surface area (Å²) in [7, 11) is 0. The van der Waals surface area contributed by atoms with E-state index in [-0.39, 0.29) is 39.3 Å². The van der Waals surface area contributed by atoms with Crippen molar-refractivity contribution in [2.24, 2.45) is 0 Å². The van der Waals surface area contributed by atoms with Crippen LogP contribution in [0.4, 0.5) is 28.4 Å². The second-order valence-corrected chi connectivity index (χ2v) is 26.7. The first kappa shape index (κ1) is 46.8. The van der Waals surface area contributed by atoms with Gasteiger partial charge in [0, 0.05) is 33.6 Å². The number of nitrogens with zero attached hydrogens (tertiary/aromatic N) is 2. The summed E-state index contributed by atoms with van der Waals surface area (Å²) in [5.41, 5.74) is 24.9. The van der Waals surface area contributed by atoms with E-state index in [4.69, 9.17) is 4.42 Å². The summed E-state index contributed by atoms with van der Waals surface area (Å²) >= 11 is 0. The first-order chi connectivity index (χ1) is 33.9. The maximum absolute atomic E-state index is 7.81. The molecule has 0 saturated carbocycles. The summed E-state index contributed by atoms with van der Waals surface area (Å²) in [4.78, 5) is 5.32. The summed E-state index contributed by atoms with van der Waals surface area (Å²) in [6.45, 7) is 33.3. The van der Waals surface area contributed by atoms with Crippen LogP contribution in [0.1, 0.15) is 156 Å². The van der Waals surface area contributed by atoms with Gasteiger partial charge in [0.15, 0.2) is 0 Å². The topological polar surface area (TPSA) is 19.6 Å². The quantitative estimate of drug-likeness (QED) is 0.164. The largest absolute Gasteiger partial charge is 0.466 e. The molecule has 8 aromatic rings. The Morgan fingerprint density at radius 2 is 0.972 bits per heavy atom. The molecule has 0 bridgehead atoms. The summed E-state index contributed by atoms with van der Waals surface area (Å²) in [5.74, 6) is 0. The molecule has 0 unspecified atom stereocenters. The highest BCUT2D eigenvalue weighted by atomic mass is 16.3. The average Bonchev–Trinajstić information content (AvgIpc) is 3.72. The maximum atomic E-state index is 7.81. The molecule has 12 rings (SSSR count). The molecule has 2 aliphatic heterocycles. The summed E-state index contributed by atoms with van der Waals surface area (Å²) < 4.78 is 7.81. The van der Waals surface area contributed by atoms with Gasteiger partial charge >= 0.3 is 6.85 Å². The van der Waals surface area contributed by atoms with Crippen molar-refractivity contribution >= 4 is 57.4 Å². The van der Waals surface area contributed by atoms with Gasteiger partial charge in [-0.25, -0.2) is 0 Å². The van der Waals surface area contributed by atoms with Crippen molar-refractivity contribution < 1.29 is 4.42 Å². The van der Waals surface area contributed by atoms with E-state index >= 15 is 0 Å². The SMILES string of the molecule is CC(C)(C)c1ccc2c(c1)-c1cc(-c3ccccc3)cc3c1B(c1oc4cc5c(cc4c1N3c1ccc(C(C)(C)C)cc1-c1ccccc1)C(C)(C)CCC5(C)C)N2c1ccc2c(c1)C(C)(C)CCC2(C)C. The smallest absolute Gasteiger partial charge is 0.375 e. The van der Waals surface area contributed by atoms with E-state index < -0.39 is 0 Å². The van der Waals surface area contributed by atoms with Crippen LogP contribution in [-0.4, -0.2) is 6.85 Å². The van der Waals surface area contributed by atoms with Crippen LogP contribution in [0.2, 0.25) is 0 Å². The fraction of sp³-hybridized carbons (Fsp3) is 0.353. The molecular formula is C68H73BN2O. The molecule has 7 aromatic carbocycles. The highest BCUT2D eigenvalue weighted by Crippen LogP contribution is 2.56. The summed E-state index contributed by atoms with van der Waals surface area (Å²) in [6, 6.07) is 54.2. The Bertz CT molecular complexity index is 3500. The first-order valence-electron chi connectivity index (χ1n) is 26.9. The van der Waals surface area contributed by atoms with Crippen LogP contribution in [0.15, 0.2) is 144 Å². The van der Waals surface area contributed by atoms with Crippen molar-refractivity contribution in [2.75, 3.05) is 9.71 Å². The van der Waals surface area contributed by atoms with Crippen molar-refractivity contribution in [2.45, 2.75) is 155 Å². The van der Waals surface area contributed by atoms with Gasteiger partial charge in [-0.3, -0.25) is 0 Å². The Balaban J connectivity index is 1.26. The molecule has 0 radical (unpaired) electrons. The van der Waals surface area contributed by atoms with Crippen LogP contribution in [0, 0.1) is 0 Å². The normalized spacial score (nSPS) is 18.0. The van der Waals surface area contributed by atoms with Crippen LogP contribution in [0.5, 0.6) is 0 Å². The lowest BCUT2D eigenvalue weighted by Gasteiger charge is -2.46. The zero-order valence-corrected chi connectivity index (χ0v) is 45.5. The van der Waals surface area contributed by atoms with Crippen molar-refractivity contribution in [3.05, 3.63) is 173 Å². The van der Waals surface area contributed by atoms with Gasteiger partial charge in [-0.1, -0.05) is 176 Å². The van der Waals surface area contributed by atoms with Gasteiger partial charge in [-0.2, -0.15) is 0 Å². The molecule has 0 fully saturated rings. The van der Waals surface area contributed by atoms with Gasteiger partial charge < -0.3 is 14.1 Å². The van der Waals surface area contributed by atoms with E-state index in [0.717, 1.165) is 41.9 Å². The molecule has 2 aliphatic carbocycles. The fourth-order valence-corrected chi connectivity index (χ4v) is 13.1. The number of fused-ring (bicyclic) bond motifs is 8. The molecule has 3 heterocycles. The molecule has 4 aliphatic rings. The standard InChI is InChI=1S/C68H73BN2O/c1-63(2,3)45-25-29-56(48(37-45)43-23-19-16-20-24-43)70-58-36-44(42-21-17-15-18-22-42)35-50-49-38-46(64(4,5)6)26-30-57(49)71(47-27-28-52-53(39-47)66(9,10)32-31-65(52,7)8)69(60(50)58)62-61(70)51-40-54-55(41-59(51)72-62)68(13,14)34-33-67(54,11)12/h15-30,35-41H,31-34H2,1-14H3. The highest BCUT2D eigenvalue weighted by Gasteiger charge is 2.51. The van der Waals surface area contributed by atoms with Gasteiger partial charge in [0.2, 0.25) is 0 Å². The maximum Gasteiger partial charge on any atom is 0.375 e. The van der Waals surface area contributed by atoms with Crippen LogP contribution in [-0.2, 0) is 32.5 Å². The molecule has 4 heteroatoms. The predicted octanol–water partition coefficient (Wildman–Crippen LogP) is 17.8. The number of furan rings is 1. The molecule has 0 saturated heterocycles. The number of hydrogen-bond donors (Lipinski definition) is 0. The lowest BCUT2D eigenvalue weighted by Crippen LogP contribution is -2.61. The van der Waals surface area contributed by atoms with Gasteiger partial charge in [-0.05, 0) is 180 Å². The van der Waals surface area contributed by atoms with E-state index in [2.05, 4.69) is 246 Å². The molecule has 0 N–H and O–H groups in total. The second kappa shape index (κ2) is 15.6. The molecule has 364 valence electrons. The number of hydrogen-bond acceptors (Lipinski definition) is 3. The molecule has 0 amide bonds. The third-order valence-corrected chi connectivity index (χ3v) is 17.9. The second-order valence-electron chi connectivity index (χ2n) is 26.7. The Morgan fingerprint density at radius 3 is 1.57 bits per heavy atom. The first-order valence-corrected chi connectivity index (χ1v) is 26.9. The monoisotopic (exact) mass is 945 g/mol.